The number of hydrogen-bond acceptors (Lipinski definition) is 4. The van der Waals surface area contributed by atoms with E-state index in [-0.39, 0.29) is 31.6 Å². The number of nitrogens with two attached hydrogens (primary N) is 1. The number of carboxylic acid groups (broad SMARTS) is 1. The lowest BCUT2D eigenvalue weighted by molar-refractivity contribution is -0.186. The molecule has 1 aromatic rings. The van der Waals surface area contributed by atoms with Gasteiger partial charge >= 0.3 is 18.1 Å². The number of carbonyl (C=O) groups is 3. The Hall–Kier alpha value is -2.78. The summed E-state index contributed by atoms with van der Waals surface area (Å²) < 4.78 is 37.9. The predicted octanol–water partition coefficient (Wildman–Crippen LogP) is 2.02. The van der Waals surface area contributed by atoms with E-state index in [1.165, 1.54) is 4.90 Å². The van der Waals surface area contributed by atoms with Crippen molar-refractivity contribution in [3.63, 3.8) is 0 Å². The average Bonchev–Trinajstić information content (AvgIpc) is 2.55. The first-order chi connectivity index (χ1) is 12.5. The number of carbonyl (C=O) groups excluding carboxylic acids is 2. The van der Waals surface area contributed by atoms with Gasteiger partial charge in [-0.25, -0.2) is 0 Å². The molecule has 2 amide bonds. The molecule has 1 aliphatic heterocycles. The molecule has 0 bridgehead atoms. The monoisotopic (exact) mass is 387 g/mol. The number of amides is 2. The van der Waals surface area contributed by atoms with Crippen LogP contribution in [0.2, 0.25) is 0 Å². The molecule has 0 spiro atoms. The van der Waals surface area contributed by atoms with Crippen LogP contribution in [0.25, 0.3) is 0 Å². The van der Waals surface area contributed by atoms with Gasteiger partial charge in [0.15, 0.2) is 0 Å². The molecule has 7 nitrogen and oxygen atoms in total. The minimum atomic E-state index is -4.96. The quantitative estimate of drug-likeness (QED) is 0.608. The maximum absolute atomic E-state index is 12.6. The molecule has 0 aliphatic carbocycles. The van der Waals surface area contributed by atoms with E-state index >= 15 is 0 Å². The molecule has 1 saturated heterocycles. The highest BCUT2D eigenvalue weighted by molar-refractivity contribution is 6.05. The van der Waals surface area contributed by atoms with Gasteiger partial charge in [-0.1, -0.05) is 12.1 Å². The summed E-state index contributed by atoms with van der Waals surface area (Å²) in [4.78, 5) is 37.0. The van der Waals surface area contributed by atoms with Crippen LogP contribution in [0.15, 0.2) is 24.3 Å². The molecule has 0 aromatic heterocycles. The van der Waals surface area contributed by atoms with Crippen LogP contribution < -0.4 is 10.6 Å². The maximum atomic E-state index is 12.6. The van der Waals surface area contributed by atoms with E-state index < -0.39 is 35.9 Å². The van der Waals surface area contributed by atoms with Gasteiger partial charge in [-0.3, -0.25) is 14.4 Å². The van der Waals surface area contributed by atoms with E-state index in [2.05, 4.69) is 0 Å². The molecule has 2 rings (SSSR count). The van der Waals surface area contributed by atoms with E-state index in [1.807, 2.05) is 0 Å². The first-order valence-corrected chi connectivity index (χ1v) is 8.21. The Labute approximate surface area is 153 Å². The Morgan fingerprint density at radius 3 is 2.26 bits per heavy atom. The predicted molar refractivity (Wildman–Crippen MR) is 90.9 cm³/mol. The highest BCUT2D eigenvalue weighted by Gasteiger charge is 2.47. The summed E-state index contributed by atoms with van der Waals surface area (Å²) in [6.07, 6.45) is -5.64. The Kier molecular flexibility index (Phi) is 5.67. The van der Waals surface area contributed by atoms with Crippen LogP contribution in [0.1, 0.15) is 26.2 Å². The molecule has 1 aliphatic rings. The Morgan fingerprint density at radius 2 is 1.78 bits per heavy atom. The van der Waals surface area contributed by atoms with Gasteiger partial charge in [0.1, 0.15) is 6.42 Å². The number of piperidine rings is 1. The fourth-order valence-corrected chi connectivity index (χ4v) is 3.22. The number of halogens is 3. The zero-order valence-corrected chi connectivity index (χ0v) is 14.6. The van der Waals surface area contributed by atoms with Crippen molar-refractivity contribution in [3.05, 3.63) is 24.3 Å². The molecule has 3 N–H and O–H groups in total. The molecule has 148 valence electrons. The summed E-state index contributed by atoms with van der Waals surface area (Å²) in [5, 5.41) is 8.98. The molecule has 1 aromatic carbocycles. The summed E-state index contributed by atoms with van der Waals surface area (Å²) in [7, 11) is 0. The molecule has 1 fully saturated rings. The molecular weight excluding hydrogens is 367 g/mol. The number of likely N-dealkylation sites (tertiary alicyclic amines) is 1. The number of benzene rings is 1. The van der Waals surface area contributed by atoms with Gasteiger partial charge in [-0.05, 0) is 31.9 Å². The molecule has 10 heteroatoms. The fraction of sp³-hybridized carbons (Fsp3) is 0.471. The molecule has 0 saturated carbocycles. The third kappa shape index (κ3) is 4.50. The largest absolute Gasteiger partial charge is 0.481 e. The number of carboxylic acids is 1. The number of rotatable bonds is 4. The number of aliphatic carboxylic acids is 1. The van der Waals surface area contributed by atoms with Gasteiger partial charge < -0.3 is 20.6 Å². The lowest BCUT2D eigenvalue weighted by atomic mass is 9.86. The summed E-state index contributed by atoms with van der Waals surface area (Å²) >= 11 is 0. The lowest BCUT2D eigenvalue weighted by Gasteiger charge is -2.47. The van der Waals surface area contributed by atoms with Crippen LogP contribution >= 0.6 is 0 Å². The van der Waals surface area contributed by atoms with E-state index in [4.69, 9.17) is 10.8 Å². The molecule has 27 heavy (non-hydrogen) atoms. The molecule has 1 heterocycles. The number of nitrogens with zero attached hydrogens (tertiary/aromatic N) is 2. The highest BCUT2D eigenvalue weighted by Crippen LogP contribution is 2.37. The Morgan fingerprint density at radius 1 is 1.22 bits per heavy atom. The topological polar surface area (TPSA) is 104 Å². The molecule has 0 radical (unpaired) electrons. The van der Waals surface area contributed by atoms with Crippen LogP contribution in [0, 0.1) is 0 Å². The van der Waals surface area contributed by atoms with E-state index in [1.54, 1.807) is 31.2 Å². The van der Waals surface area contributed by atoms with Crippen molar-refractivity contribution in [2.24, 2.45) is 0 Å². The summed E-state index contributed by atoms with van der Waals surface area (Å²) in [5.74, 6) is -3.97. The zero-order valence-electron chi connectivity index (χ0n) is 14.6. The minimum absolute atomic E-state index is 0.0501. The van der Waals surface area contributed by atoms with Crippen LogP contribution in [0.4, 0.5) is 24.5 Å². The third-order valence-corrected chi connectivity index (χ3v) is 4.64. The summed E-state index contributed by atoms with van der Waals surface area (Å²) in [5.41, 5.74) is 5.49. The second-order valence-corrected chi connectivity index (χ2v) is 6.65. The van der Waals surface area contributed by atoms with Gasteiger partial charge in [0, 0.05) is 18.6 Å². The maximum Gasteiger partial charge on any atom is 0.471 e. The average molecular weight is 387 g/mol. The minimum Gasteiger partial charge on any atom is -0.481 e. The summed E-state index contributed by atoms with van der Waals surface area (Å²) in [6.45, 7) is 1.23. The second-order valence-electron chi connectivity index (χ2n) is 6.65. The smallest absolute Gasteiger partial charge is 0.471 e. The highest BCUT2D eigenvalue weighted by atomic mass is 19.4. The lowest BCUT2D eigenvalue weighted by Crippen LogP contribution is -2.58. The Balaban J connectivity index is 2.31. The van der Waals surface area contributed by atoms with Crippen LogP contribution in [0.5, 0.6) is 0 Å². The van der Waals surface area contributed by atoms with Crippen molar-refractivity contribution < 1.29 is 32.7 Å². The van der Waals surface area contributed by atoms with Crippen molar-refractivity contribution in [2.75, 3.05) is 23.7 Å². The van der Waals surface area contributed by atoms with Crippen molar-refractivity contribution in [2.45, 2.75) is 37.9 Å². The van der Waals surface area contributed by atoms with Gasteiger partial charge in [-0.15, -0.1) is 0 Å². The number of nitrogen functional groups attached to an aromatic ring is 1. The van der Waals surface area contributed by atoms with Crippen LogP contribution in [0.3, 0.4) is 0 Å². The van der Waals surface area contributed by atoms with Crippen molar-refractivity contribution >= 4 is 29.2 Å². The molecule has 0 atom stereocenters. The van der Waals surface area contributed by atoms with Gasteiger partial charge in [0.2, 0.25) is 5.91 Å². The number of hydrogen-bond donors (Lipinski definition) is 2. The van der Waals surface area contributed by atoms with E-state index in [9.17, 15) is 27.6 Å². The first-order valence-electron chi connectivity index (χ1n) is 8.21. The van der Waals surface area contributed by atoms with Crippen LogP contribution in [-0.2, 0) is 14.4 Å². The SMILES string of the molecule is CC1(N(C(=O)CC(=O)O)c2ccccc2N)CCN(C(=O)C(F)(F)F)CC1. The van der Waals surface area contributed by atoms with Gasteiger partial charge in [0.05, 0.1) is 11.4 Å². The number of anilines is 2. The van der Waals surface area contributed by atoms with Crippen molar-refractivity contribution in [1.29, 1.82) is 0 Å². The normalized spacial score (nSPS) is 16.7. The van der Waals surface area contributed by atoms with Crippen LogP contribution in [-0.4, -0.2) is 52.6 Å². The van der Waals surface area contributed by atoms with Gasteiger partial charge in [-0.2, -0.15) is 13.2 Å². The zero-order chi connectivity index (χ0) is 20.4. The first kappa shape index (κ1) is 20.5. The second kappa shape index (κ2) is 7.45. The summed E-state index contributed by atoms with van der Waals surface area (Å²) in [6, 6.07) is 6.36. The number of para-hydroxylation sites is 2. The standard InChI is InChI=1S/C17H20F3N3O4/c1-16(6-8-22(9-7-16)15(27)17(18,19)20)23(13(24)10-14(25)26)12-5-3-2-4-11(12)21/h2-5H,6-10,21H2,1H3,(H,25,26). The van der Waals surface area contributed by atoms with E-state index in [0.29, 0.717) is 10.6 Å². The molecule has 0 unspecified atom stereocenters. The third-order valence-electron chi connectivity index (χ3n) is 4.64. The van der Waals surface area contributed by atoms with Crippen molar-refractivity contribution in [1.82, 2.24) is 4.90 Å². The number of alkyl halides is 3. The van der Waals surface area contributed by atoms with E-state index in [0.717, 1.165) is 0 Å². The van der Waals surface area contributed by atoms with Gasteiger partial charge in [0.25, 0.3) is 0 Å². The molecular formula is C17H20F3N3O4. The Bertz CT molecular complexity index is 743. The van der Waals surface area contributed by atoms with Crippen molar-refractivity contribution in [3.8, 4) is 0 Å². The fourth-order valence-electron chi connectivity index (χ4n) is 3.22.